The van der Waals surface area contributed by atoms with Gasteiger partial charge in [-0.05, 0) is 31.9 Å². The van der Waals surface area contributed by atoms with E-state index in [1.165, 1.54) is 12.8 Å². The van der Waals surface area contributed by atoms with Crippen molar-refractivity contribution < 1.29 is 14.3 Å². The van der Waals surface area contributed by atoms with Crippen LogP contribution in [0.5, 0.6) is 0 Å². The highest BCUT2D eigenvalue weighted by Crippen LogP contribution is 2.22. The molecule has 1 aliphatic carbocycles. The predicted octanol–water partition coefficient (Wildman–Crippen LogP) is 2.44. The molecule has 1 aromatic carbocycles. The van der Waals surface area contributed by atoms with Gasteiger partial charge < -0.3 is 21.1 Å². The van der Waals surface area contributed by atoms with Crippen LogP contribution in [0, 0.1) is 0 Å². The molecule has 1 aliphatic rings. The number of hydrogen-bond acceptors (Lipinski definition) is 4. The number of anilines is 1. The molecule has 1 aromatic rings. The molecule has 2 amide bonds. The van der Waals surface area contributed by atoms with E-state index >= 15 is 0 Å². The normalized spacial score (nSPS) is 16.7. The van der Waals surface area contributed by atoms with Crippen LogP contribution in [-0.4, -0.2) is 37.1 Å². The van der Waals surface area contributed by atoms with Gasteiger partial charge in [-0.2, -0.15) is 0 Å². The summed E-state index contributed by atoms with van der Waals surface area (Å²) in [6, 6.07) is 6.94. The summed E-state index contributed by atoms with van der Waals surface area (Å²) in [5.74, 6) is -0.484. The molecule has 138 valence electrons. The lowest BCUT2D eigenvalue weighted by Gasteiger charge is -2.21. The number of rotatable bonds is 7. The maximum atomic E-state index is 12.5. The molecule has 25 heavy (non-hydrogen) atoms. The van der Waals surface area contributed by atoms with Gasteiger partial charge in [0.1, 0.15) is 6.10 Å². The van der Waals surface area contributed by atoms with Crippen LogP contribution in [0.3, 0.4) is 0 Å². The van der Waals surface area contributed by atoms with Gasteiger partial charge in [0.05, 0.1) is 17.4 Å². The summed E-state index contributed by atoms with van der Waals surface area (Å²) in [5.41, 5.74) is 6.32. The van der Waals surface area contributed by atoms with Crippen molar-refractivity contribution in [3.63, 3.8) is 0 Å². The first-order valence-electron chi connectivity index (χ1n) is 9.15. The van der Waals surface area contributed by atoms with Crippen LogP contribution in [0.2, 0.25) is 0 Å². The van der Waals surface area contributed by atoms with Gasteiger partial charge >= 0.3 is 0 Å². The highest BCUT2D eigenvalue weighted by molar-refractivity contribution is 6.04. The topological polar surface area (TPSA) is 93.4 Å². The molecular weight excluding hydrogens is 318 g/mol. The second kappa shape index (κ2) is 10.2. The summed E-state index contributed by atoms with van der Waals surface area (Å²) in [6.45, 7) is 2.52. The Morgan fingerprint density at radius 2 is 1.88 bits per heavy atom. The lowest BCUT2D eigenvalue weighted by atomic mass is 10.1. The Hall–Kier alpha value is -1.92. The summed E-state index contributed by atoms with van der Waals surface area (Å²) in [5, 5.41) is 5.53. The van der Waals surface area contributed by atoms with E-state index in [4.69, 9.17) is 10.5 Å². The monoisotopic (exact) mass is 347 g/mol. The number of nitrogens with one attached hydrogen (secondary N) is 2. The average molecular weight is 347 g/mol. The third-order valence-corrected chi connectivity index (χ3v) is 4.43. The molecule has 6 heteroatoms. The maximum Gasteiger partial charge on any atom is 0.253 e. The molecule has 4 N–H and O–H groups in total. The Kier molecular flexibility index (Phi) is 7.88. The minimum absolute atomic E-state index is 0.145. The Bertz CT molecular complexity index is 569. The molecule has 0 aliphatic heterocycles. The number of para-hydroxylation sites is 1. The van der Waals surface area contributed by atoms with Crippen molar-refractivity contribution in [1.82, 2.24) is 5.32 Å². The minimum Gasteiger partial charge on any atom is -0.365 e. The van der Waals surface area contributed by atoms with E-state index in [1.54, 1.807) is 31.2 Å². The van der Waals surface area contributed by atoms with Crippen molar-refractivity contribution in [3.05, 3.63) is 29.8 Å². The zero-order valence-electron chi connectivity index (χ0n) is 14.9. The Morgan fingerprint density at radius 3 is 2.56 bits per heavy atom. The van der Waals surface area contributed by atoms with E-state index in [2.05, 4.69) is 10.6 Å². The Balaban J connectivity index is 1.96. The van der Waals surface area contributed by atoms with Crippen LogP contribution >= 0.6 is 0 Å². The summed E-state index contributed by atoms with van der Waals surface area (Å²) in [7, 11) is 0. The molecule has 1 atom stereocenters. The van der Waals surface area contributed by atoms with Crippen LogP contribution in [0.1, 0.15) is 55.8 Å². The standard InChI is InChI=1S/C19H29N3O3/c1-14(25-15-8-4-2-3-5-9-15)18(23)22-17-11-7-6-10-16(17)19(24)21-13-12-20/h6-7,10-11,14-15H,2-5,8-9,12-13,20H2,1H3,(H,21,24)(H,22,23). The van der Waals surface area contributed by atoms with Gasteiger partial charge in [0.2, 0.25) is 0 Å². The Morgan fingerprint density at radius 1 is 1.20 bits per heavy atom. The highest BCUT2D eigenvalue weighted by atomic mass is 16.5. The largest absolute Gasteiger partial charge is 0.365 e. The van der Waals surface area contributed by atoms with Crippen molar-refractivity contribution in [2.75, 3.05) is 18.4 Å². The molecule has 0 heterocycles. The lowest BCUT2D eigenvalue weighted by molar-refractivity contribution is -0.130. The molecule has 0 aromatic heterocycles. The van der Waals surface area contributed by atoms with Crippen molar-refractivity contribution in [1.29, 1.82) is 0 Å². The summed E-state index contributed by atoms with van der Waals surface area (Å²) >= 11 is 0. The van der Waals surface area contributed by atoms with Crippen LogP contribution in [0.15, 0.2) is 24.3 Å². The van der Waals surface area contributed by atoms with Crippen molar-refractivity contribution in [3.8, 4) is 0 Å². The number of carbonyl (C=O) groups excluding carboxylic acids is 2. The first kappa shape index (κ1) is 19.4. The summed E-state index contributed by atoms with van der Waals surface area (Å²) < 4.78 is 5.94. The van der Waals surface area contributed by atoms with Gasteiger partial charge in [-0.1, -0.05) is 37.8 Å². The van der Waals surface area contributed by atoms with Crippen molar-refractivity contribution in [2.24, 2.45) is 5.73 Å². The lowest BCUT2D eigenvalue weighted by Crippen LogP contribution is -2.33. The second-order valence-corrected chi connectivity index (χ2v) is 6.47. The number of hydrogen-bond donors (Lipinski definition) is 3. The number of ether oxygens (including phenoxy) is 1. The molecular formula is C19H29N3O3. The van der Waals surface area contributed by atoms with Crippen LogP contribution < -0.4 is 16.4 Å². The number of carbonyl (C=O) groups is 2. The smallest absolute Gasteiger partial charge is 0.253 e. The molecule has 0 radical (unpaired) electrons. The van der Waals surface area contributed by atoms with Gasteiger partial charge in [-0.3, -0.25) is 9.59 Å². The predicted molar refractivity (Wildman–Crippen MR) is 98.5 cm³/mol. The SMILES string of the molecule is CC(OC1CCCCCC1)C(=O)Nc1ccccc1C(=O)NCCN. The minimum atomic E-state index is -0.553. The first-order valence-corrected chi connectivity index (χ1v) is 9.15. The first-order chi connectivity index (χ1) is 12.1. The van der Waals surface area contributed by atoms with E-state index in [0.29, 0.717) is 24.3 Å². The van der Waals surface area contributed by atoms with Crippen molar-refractivity contribution in [2.45, 2.75) is 57.7 Å². The zero-order chi connectivity index (χ0) is 18.1. The summed E-state index contributed by atoms with van der Waals surface area (Å²) in [4.78, 5) is 24.7. The summed E-state index contributed by atoms with van der Waals surface area (Å²) in [6.07, 6.45) is 6.41. The van der Waals surface area contributed by atoms with Gasteiger partial charge in [-0.15, -0.1) is 0 Å². The fourth-order valence-corrected chi connectivity index (χ4v) is 3.03. The molecule has 1 saturated carbocycles. The molecule has 1 unspecified atom stereocenters. The van der Waals surface area contributed by atoms with Gasteiger partial charge in [0.25, 0.3) is 11.8 Å². The molecule has 1 fully saturated rings. The molecule has 0 saturated heterocycles. The van der Waals surface area contributed by atoms with E-state index < -0.39 is 6.10 Å². The third kappa shape index (κ3) is 6.14. The number of benzene rings is 1. The molecule has 6 nitrogen and oxygen atoms in total. The van der Waals surface area contributed by atoms with E-state index in [0.717, 1.165) is 25.7 Å². The van der Waals surface area contributed by atoms with Crippen LogP contribution in [0.4, 0.5) is 5.69 Å². The molecule has 0 spiro atoms. The molecule has 2 rings (SSSR count). The van der Waals surface area contributed by atoms with Gasteiger partial charge in [0.15, 0.2) is 0 Å². The zero-order valence-corrected chi connectivity index (χ0v) is 14.9. The second-order valence-electron chi connectivity index (χ2n) is 6.47. The van der Waals surface area contributed by atoms with Crippen LogP contribution in [-0.2, 0) is 9.53 Å². The van der Waals surface area contributed by atoms with E-state index in [-0.39, 0.29) is 17.9 Å². The maximum absolute atomic E-state index is 12.5. The quantitative estimate of drug-likeness (QED) is 0.661. The molecule has 0 bridgehead atoms. The van der Waals surface area contributed by atoms with Crippen LogP contribution in [0.25, 0.3) is 0 Å². The van der Waals surface area contributed by atoms with Gasteiger partial charge in [0, 0.05) is 13.1 Å². The van der Waals surface area contributed by atoms with E-state index in [1.807, 2.05) is 0 Å². The van der Waals surface area contributed by atoms with E-state index in [9.17, 15) is 9.59 Å². The number of nitrogens with two attached hydrogens (primary N) is 1. The third-order valence-electron chi connectivity index (χ3n) is 4.43. The fourth-order valence-electron chi connectivity index (χ4n) is 3.03. The van der Waals surface area contributed by atoms with Gasteiger partial charge in [-0.25, -0.2) is 0 Å². The fraction of sp³-hybridized carbons (Fsp3) is 0.579. The average Bonchev–Trinajstić information content (AvgIpc) is 2.88. The highest BCUT2D eigenvalue weighted by Gasteiger charge is 2.22. The Labute approximate surface area is 149 Å². The number of amides is 2. The van der Waals surface area contributed by atoms with Crippen molar-refractivity contribution >= 4 is 17.5 Å².